The highest BCUT2D eigenvalue weighted by molar-refractivity contribution is 6.61. The average Bonchev–Trinajstić information content (AvgIpc) is 2.15. The average molecular weight is 219 g/mol. The second-order valence-electron chi connectivity index (χ2n) is 2.48. The molecule has 14 heavy (non-hydrogen) atoms. The highest BCUT2D eigenvalue weighted by Gasteiger charge is 2.05. The first-order valence-electron chi connectivity index (χ1n) is 3.78. The Morgan fingerprint density at radius 3 is 2.79 bits per heavy atom. The zero-order valence-corrected chi connectivity index (χ0v) is 8.18. The smallest absolute Gasteiger partial charge is 0.404 e. The summed E-state index contributed by atoms with van der Waals surface area (Å²) in [6.07, 6.45) is 0. The molecule has 0 N–H and O–H groups in total. The third-order valence-corrected chi connectivity index (χ3v) is 1.71. The van der Waals surface area contributed by atoms with Gasteiger partial charge in [0, 0.05) is 23.2 Å². The topological polar surface area (TPSA) is 35.5 Å². The van der Waals surface area contributed by atoms with Crippen LogP contribution in [0.1, 0.15) is 5.56 Å². The summed E-state index contributed by atoms with van der Waals surface area (Å²) in [5, 5.41) is 0. The predicted octanol–water partition coefficient (Wildman–Crippen LogP) is 2.71. The van der Waals surface area contributed by atoms with E-state index in [4.69, 9.17) is 16.3 Å². The van der Waals surface area contributed by atoms with Crippen molar-refractivity contribution in [2.24, 2.45) is 0 Å². The lowest BCUT2D eigenvalue weighted by atomic mass is 10.2. The SMILES string of the molecule is COc1ccc(COC(=O)Cl)c(F)c1. The first kappa shape index (κ1) is 10.8. The van der Waals surface area contributed by atoms with Gasteiger partial charge in [0.2, 0.25) is 0 Å². The maximum atomic E-state index is 13.2. The van der Waals surface area contributed by atoms with E-state index in [0.29, 0.717) is 5.75 Å². The van der Waals surface area contributed by atoms with E-state index >= 15 is 0 Å². The van der Waals surface area contributed by atoms with Gasteiger partial charge >= 0.3 is 5.43 Å². The summed E-state index contributed by atoms with van der Waals surface area (Å²) in [7, 11) is 1.44. The summed E-state index contributed by atoms with van der Waals surface area (Å²) in [6.45, 7) is -0.182. The Morgan fingerprint density at radius 2 is 2.29 bits per heavy atom. The van der Waals surface area contributed by atoms with Crippen LogP contribution in [0, 0.1) is 5.82 Å². The normalized spacial score (nSPS) is 9.64. The van der Waals surface area contributed by atoms with Crippen molar-refractivity contribution in [2.45, 2.75) is 6.61 Å². The lowest BCUT2D eigenvalue weighted by Gasteiger charge is -2.04. The van der Waals surface area contributed by atoms with Gasteiger partial charge in [-0.15, -0.1) is 0 Å². The fraction of sp³-hybridized carbons (Fsp3) is 0.222. The van der Waals surface area contributed by atoms with Crippen LogP contribution >= 0.6 is 11.6 Å². The molecular formula is C9H8ClFO3. The van der Waals surface area contributed by atoms with E-state index < -0.39 is 11.2 Å². The molecule has 0 aliphatic carbocycles. The second kappa shape index (κ2) is 4.81. The van der Waals surface area contributed by atoms with Crippen LogP contribution in [0.3, 0.4) is 0 Å². The number of rotatable bonds is 3. The molecule has 0 bridgehead atoms. The number of benzene rings is 1. The molecule has 0 aliphatic heterocycles. The van der Waals surface area contributed by atoms with Crippen molar-refractivity contribution in [1.29, 1.82) is 0 Å². The van der Waals surface area contributed by atoms with Crippen molar-refractivity contribution in [2.75, 3.05) is 7.11 Å². The third kappa shape index (κ3) is 2.88. The Balaban J connectivity index is 2.73. The lowest BCUT2D eigenvalue weighted by molar-refractivity contribution is 0.165. The molecule has 0 unspecified atom stereocenters. The Labute approximate surface area is 85.4 Å². The summed E-state index contributed by atoms with van der Waals surface area (Å²) in [5.41, 5.74) is -0.708. The van der Waals surface area contributed by atoms with Crippen molar-refractivity contribution in [3.05, 3.63) is 29.6 Å². The number of ether oxygens (including phenoxy) is 2. The molecule has 0 aromatic heterocycles. The minimum absolute atomic E-state index is 0.182. The largest absolute Gasteiger partial charge is 0.497 e. The fourth-order valence-corrected chi connectivity index (χ4v) is 0.961. The molecule has 1 aromatic carbocycles. The van der Waals surface area contributed by atoms with Gasteiger partial charge in [-0.05, 0) is 12.1 Å². The van der Waals surface area contributed by atoms with Crippen molar-refractivity contribution < 1.29 is 18.7 Å². The number of carbonyl (C=O) groups excluding carboxylic acids is 1. The van der Waals surface area contributed by atoms with Gasteiger partial charge in [0.05, 0.1) is 7.11 Å². The molecule has 0 spiro atoms. The third-order valence-electron chi connectivity index (χ3n) is 1.60. The minimum Gasteiger partial charge on any atom is -0.497 e. The van der Waals surface area contributed by atoms with Crippen LogP contribution in [0.2, 0.25) is 0 Å². The van der Waals surface area contributed by atoms with Crippen LogP contribution < -0.4 is 4.74 Å². The zero-order chi connectivity index (χ0) is 10.6. The quantitative estimate of drug-likeness (QED) is 0.732. The van der Waals surface area contributed by atoms with Crippen LogP contribution in [0.5, 0.6) is 5.75 Å². The minimum atomic E-state index is -0.958. The monoisotopic (exact) mass is 218 g/mol. The summed E-state index contributed by atoms with van der Waals surface area (Å²) < 4.78 is 22.4. The molecule has 0 radical (unpaired) electrons. The molecule has 1 rings (SSSR count). The molecule has 0 amide bonds. The van der Waals surface area contributed by atoms with E-state index in [-0.39, 0.29) is 12.2 Å². The van der Waals surface area contributed by atoms with Crippen molar-refractivity contribution in [3.8, 4) is 5.75 Å². The molecule has 0 atom stereocenters. The summed E-state index contributed by atoms with van der Waals surface area (Å²) in [6, 6.07) is 4.24. The molecular weight excluding hydrogens is 211 g/mol. The van der Waals surface area contributed by atoms with Crippen LogP contribution in [0.4, 0.5) is 9.18 Å². The van der Waals surface area contributed by atoms with Crippen LogP contribution in [0.15, 0.2) is 18.2 Å². The van der Waals surface area contributed by atoms with Crippen molar-refractivity contribution in [1.82, 2.24) is 0 Å². The number of hydrogen-bond acceptors (Lipinski definition) is 3. The number of halogens is 2. The second-order valence-corrected chi connectivity index (χ2v) is 2.79. The van der Waals surface area contributed by atoms with E-state index in [1.54, 1.807) is 6.07 Å². The van der Waals surface area contributed by atoms with Crippen molar-refractivity contribution >= 4 is 17.0 Å². The molecule has 0 fully saturated rings. The van der Waals surface area contributed by atoms with Crippen LogP contribution in [-0.4, -0.2) is 12.5 Å². The Kier molecular flexibility index (Phi) is 3.71. The van der Waals surface area contributed by atoms with Crippen molar-refractivity contribution in [3.63, 3.8) is 0 Å². The highest BCUT2D eigenvalue weighted by Crippen LogP contribution is 2.17. The van der Waals surface area contributed by atoms with Gasteiger partial charge in [-0.3, -0.25) is 0 Å². The first-order valence-corrected chi connectivity index (χ1v) is 4.16. The number of methoxy groups -OCH3 is 1. The summed E-state index contributed by atoms with van der Waals surface area (Å²) in [5.74, 6) is -0.0919. The van der Waals surface area contributed by atoms with Gasteiger partial charge < -0.3 is 9.47 Å². The maximum Gasteiger partial charge on any atom is 0.404 e. The predicted molar refractivity (Wildman–Crippen MR) is 49.0 cm³/mol. The van der Waals surface area contributed by atoms with Crippen LogP contribution in [0.25, 0.3) is 0 Å². The van der Waals surface area contributed by atoms with E-state index in [1.165, 1.54) is 19.2 Å². The standard InChI is InChI=1S/C9H8ClFO3/c1-13-7-3-2-6(8(11)4-7)5-14-9(10)12/h2-4H,5H2,1H3. The molecule has 5 heteroatoms. The van der Waals surface area contributed by atoms with E-state index in [9.17, 15) is 9.18 Å². The lowest BCUT2D eigenvalue weighted by Crippen LogP contribution is -1.98. The van der Waals surface area contributed by atoms with E-state index in [2.05, 4.69) is 4.74 Å². The van der Waals surface area contributed by atoms with Gasteiger partial charge in [0.15, 0.2) is 0 Å². The van der Waals surface area contributed by atoms with Gasteiger partial charge in [0.25, 0.3) is 0 Å². The fourth-order valence-electron chi connectivity index (χ4n) is 0.907. The molecule has 0 saturated carbocycles. The van der Waals surface area contributed by atoms with Gasteiger partial charge in [-0.25, -0.2) is 9.18 Å². The van der Waals surface area contributed by atoms with Gasteiger partial charge in [0.1, 0.15) is 18.2 Å². The highest BCUT2D eigenvalue weighted by atomic mass is 35.5. The molecule has 0 saturated heterocycles. The van der Waals surface area contributed by atoms with Crippen LogP contribution in [-0.2, 0) is 11.3 Å². The summed E-state index contributed by atoms with van der Waals surface area (Å²) >= 11 is 4.93. The van der Waals surface area contributed by atoms with Gasteiger partial charge in [-0.2, -0.15) is 0 Å². The Hall–Kier alpha value is -1.29. The Bertz CT molecular complexity index is 341. The number of carbonyl (C=O) groups is 1. The Morgan fingerprint density at radius 1 is 1.57 bits per heavy atom. The summed E-state index contributed by atoms with van der Waals surface area (Å²) in [4.78, 5) is 10.2. The maximum absolute atomic E-state index is 13.2. The van der Waals surface area contributed by atoms with E-state index in [0.717, 1.165) is 0 Å². The van der Waals surface area contributed by atoms with Gasteiger partial charge in [-0.1, -0.05) is 0 Å². The molecule has 0 aliphatic rings. The molecule has 76 valence electrons. The molecule has 1 aromatic rings. The van der Waals surface area contributed by atoms with E-state index in [1.807, 2.05) is 0 Å². The molecule has 0 heterocycles. The number of hydrogen-bond donors (Lipinski definition) is 0. The first-order chi connectivity index (χ1) is 6.63. The zero-order valence-electron chi connectivity index (χ0n) is 7.42. The molecule has 3 nitrogen and oxygen atoms in total.